The summed E-state index contributed by atoms with van der Waals surface area (Å²) in [7, 11) is 0. The fourth-order valence-electron chi connectivity index (χ4n) is 3.10. The van der Waals surface area contributed by atoms with E-state index < -0.39 is 0 Å². The van der Waals surface area contributed by atoms with Crippen LogP contribution in [0.1, 0.15) is 52.8 Å². The molecule has 0 aliphatic heterocycles. The van der Waals surface area contributed by atoms with Gasteiger partial charge in [0, 0.05) is 24.6 Å². The number of hydrogen-bond acceptors (Lipinski definition) is 3. The Morgan fingerprint density at radius 1 is 1.20 bits per heavy atom. The summed E-state index contributed by atoms with van der Waals surface area (Å²) in [5.41, 5.74) is 2.67. The number of anilines is 1. The summed E-state index contributed by atoms with van der Waals surface area (Å²) >= 11 is 0. The van der Waals surface area contributed by atoms with Gasteiger partial charge in [0.25, 0.3) is 0 Å². The topological polar surface area (TPSA) is 79.3 Å². The van der Waals surface area contributed by atoms with E-state index in [0.717, 1.165) is 16.9 Å². The number of rotatable bonds is 7. The van der Waals surface area contributed by atoms with Crippen LogP contribution in [0.2, 0.25) is 0 Å². The fourth-order valence-corrected chi connectivity index (χ4v) is 3.10. The third kappa shape index (κ3) is 6.08. The molecule has 7 heteroatoms. The second kappa shape index (κ2) is 9.78. The Morgan fingerprint density at radius 3 is 2.43 bits per heavy atom. The number of para-hydroxylation sites is 1. The van der Waals surface area contributed by atoms with Crippen molar-refractivity contribution in [1.82, 2.24) is 20.0 Å². The molecule has 1 aromatic heterocycles. The van der Waals surface area contributed by atoms with Gasteiger partial charge in [-0.05, 0) is 31.4 Å². The zero-order chi connectivity index (χ0) is 22.5. The Kier molecular flexibility index (Phi) is 7.65. The minimum atomic E-state index is -0.253. The highest BCUT2D eigenvalue weighted by Crippen LogP contribution is 2.27. The van der Waals surface area contributed by atoms with Crippen molar-refractivity contribution in [3.8, 4) is 5.69 Å². The molecule has 0 spiro atoms. The number of carbonyl (C=O) groups is 2. The minimum Gasteiger partial charge on any atom is -0.338 e. The Hall–Kier alpha value is -2.83. The van der Waals surface area contributed by atoms with Gasteiger partial charge in [0.05, 0.1) is 11.4 Å². The normalized spacial score (nSPS) is 11.5. The lowest BCUT2D eigenvalue weighted by Crippen LogP contribution is -2.45. The van der Waals surface area contributed by atoms with Crippen LogP contribution in [0.4, 0.5) is 10.6 Å². The van der Waals surface area contributed by atoms with Gasteiger partial charge in [-0.2, -0.15) is 5.10 Å². The number of aromatic nitrogens is 2. The molecule has 0 aliphatic carbocycles. The predicted octanol–water partition coefficient (Wildman–Crippen LogP) is 4.10. The third-order valence-corrected chi connectivity index (χ3v) is 4.62. The number of urea groups is 1. The van der Waals surface area contributed by atoms with Gasteiger partial charge < -0.3 is 15.5 Å². The highest BCUT2D eigenvalue weighted by molar-refractivity contribution is 5.94. The van der Waals surface area contributed by atoms with E-state index in [4.69, 9.17) is 5.10 Å². The first-order chi connectivity index (χ1) is 14.0. The van der Waals surface area contributed by atoms with Crippen molar-refractivity contribution in [3.63, 3.8) is 0 Å². The molecule has 2 rings (SSSR count). The van der Waals surface area contributed by atoms with Crippen molar-refractivity contribution in [1.29, 1.82) is 0 Å². The van der Waals surface area contributed by atoms with Crippen LogP contribution in [0, 0.1) is 12.8 Å². The third-order valence-electron chi connectivity index (χ3n) is 4.62. The molecular weight excluding hydrogens is 378 g/mol. The quantitative estimate of drug-likeness (QED) is 0.717. The number of hydrogen-bond donors (Lipinski definition) is 2. The van der Waals surface area contributed by atoms with Crippen molar-refractivity contribution in [2.45, 2.75) is 53.9 Å². The average Bonchev–Trinajstić information content (AvgIpc) is 3.05. The van der Waals surface area contributed by atoms with Gasteiger partial charge in [-0.3, -0.25) is 4.79 Å². The van der Waals surface area contributed by atoms with Gasteiger partial charge in [-0.15, -0.1) is 0 Å². The maximum Gasteiger partial charge on any atom is 0.317 e. The molecule has 0 aliphatic rings. The molecule has 1 heterocycles. The van der Waals surface area contributed by atoms with Crippen LogP contribution in [-0.2, 0) is 10.2 Å². The minimum absolute atomic E-state index is 0.0200. The van der Waals surface area contributed by atoms with Crippen LogP contribution in [0.25, 0.3) is 5.69 Å². The van der Waals surface area contributed by atoms with E-state index in [2.05, 4.69) is 31.4 Å². The Labute approximate surface area is 179 Å². The average molecular weight is 414 g/mol. The monoisotopic (exact) mass is 413 g/mol. The molecule has 30 heavy (non-hydrogen) atoms. The highest BCUT2D eigenvalue weighted by atomic mass is 16.2. The summed E-state index contributed by atoms with van der Waals surface area (Å²) in [5.74, 6) is 0.599. The van der Waals surface area contributed by atoms with E-state index in [0.29, 0.717) is 18.9 Å². The molecule has 0 saturated carbocycles. The van der Waals surface area contributed by atoms with E-state index in [1.54, 1.807) is 9.58 Å². The molecule has 2 aromatic rings. The lowest BCUT2D eigenvalue weighted by molar-refractivity contribution is -0.116. The molecule has 0 unspecified atom stereocenters. The van der Waals surface area contributed by atoms with Crippen molar-refractivity contribution in [2.24, 2.45) is 5.92 Å². The lowest BCUT2D eigenvalue weighted by atomic mass is 9.92. The molecule has 3 amide bonds. The standard InChI is InChI=1S/C23H35N5O2/c1-8-24-22(30)27(14-16(2)3)15-21(29)25-20-13-19(23(5,6)7)26-28(20)18-12-10-9-11-17(18)4/h9-13,16H,8,14-15H2,1-7H3,(H,24,30)(H,25,29). The number of benzene rings is 1. The molecule has 0 saturated heterocycles. The van der Waals surface area contributed by atoms with Crippen molar-refractivity contribution in [3.05, 3.63) is 41.6 Å². The predicted molar refractivity (Wildman–Crippen MR) is 121 cm³/mol. The molecule has 0 bridgehead atoms. The van der Waals surface area contributed by atoms with E-state index >= 15 is 0 Å². The first kappa shape index (κ1) is 23.4. The SMILES string of the molecule is CCNC(=O)N(CC(=O)Nc1cc(C(C)(C)C)nn1-c1ccccc1C)CC(C)C. The van der Waals surface area contributed by atoms with Crippen LogP contribution in [0.15, 0.2) is 30.3 Å². The zero-order valence-corrected chi connectivity index (χ0v) is 19.2. The van der Waals surface area contributed by atoms with E-state index in [1.807, 2.05) is 58.0 Å². The highest BCUT2D eigenvalue weighted by Gasteiger charge is 2.23. The van der Waals surface area contributed by atoms with Gasteiger partial charge in [0.15, 0.2) is 0 Å². The Morgan fingerprint density at radius 2 is 1.87 bits per heavy atom. The number of nitrogens with zero attached hydrogens (tertiary/aromatic N) is 3. The van der Waals surface area contributed by atoms with Gasteiger partial charge in [-0.1, -0.05) is 52.8 Å². The van der Waals surface area contributed by atoms with Crippen molar-refractivity contribution >= 4 is 17.8 Å². The van der Waals surface area contributed by atoms with Gasteiger partial charge in [-0.25, -0.2) is 9.48 Å². The molecule has 0 atom stereocenters. The molecular formula is C23H35N5O2. The molecule has 0 radical (unpaired) electrons. The largest absolute Gasteiger partial charge is 0.338 e. The van der Waals surface area contributed by atoms with Gasteiger partial charge in [0.2, 0.25) is 5.91 Å². The van der Waals surface area contributed by atoms with Crippen LogP contribution in [0.5, 0.6) is 0 Å². The summed E-state index contributed by atoms with van der Waals surface area (Å²) in [4.78, 5) is 26.8. The van der Waals surface area contributed by atoms with E-state index in [1.165, 1.54) is 0 Å². The summed E-state index contributed by atoms with van der Waals surface area (Å²) in [6.07, 6.45) is 0. The Bertz CT molecular complexity index is 880. The summed E-state index contributed by atoms with van der Waals surface area (Å²) < 4.78 is 1.77. The lowest BCUT2D eigenvalue weighted by Gasteiger charge is -2.24. The maximum atomic E-state index is 12.9. The van der Waals surface area contributed by atoms with Crippen LogP contribution < -0.4 is 10.6 Å². The molecule has 7 nitrogen and oxygen atoms in total. The smallest absolute Gasteiger partial charge is 0.317 e. The molecule has 2 N–H and O–H groups in total. The van der Waals surface area contributed by atoms with E-state index in [-0.39, 0.29) is 29.8 Å². The molecule has 1 aromatic carbocycles. The fraction of sp³-hybridized carbons (Fsp3) is 0.522. The molecule has 0 fully saturated rings. The number of aryl methyl sites for hydroxylation is 1. The second-order valence-corrected chi connectivity index (χ2v) is 9.02. The zero-order valence-electron chi connectivity index (χ0n) is 19.2. The van der Waals surface area contributed by atoms with Crippen molar-refractivity contribution < 1.29 is 9.59 Å². The number of carbonyl (C=O) groups excluding carboxylic acids is 2. The van der Waals surface area contributed by atoms with Crippen molar-refractivity contribution in [2.75, 3.05) is 25.0 Å². The van der Waals surface area contributed by atoms with Gasteiger partial charge in [0.1, 0.15) is 12.4 Å². The second-order valence-electron chi connectivity index (χ2n) is 9.02. The van der Waals surface area contributed by atoms with Crippen LogP contribution >= 0.6 is 0 Å². The summed E-state index contributed by atoms with van der Waals surface area (Å²) in [6, 6.07) is 9.59. The maximum absolute atomic E-state index is 12.9. The number of amides is 3. The first-order valence-corrected chi connectivity index (χ1v) is 10.5. The van der Waals surface area contributed by atoms with Crippen LogP contribution in [0.3, 0.4) is 0 Å². The summed E-state index contributed by atoms with van der Waals surface area (Å²) in [5, 5.41) is 10.5. The summed E-state index contributed by atoms with van der Waals surface area (Å²) in [6.45, 7) is 15.2. The van der Waals surface area contributed by atoms with Gasteiger partial charge >= 0.3 is 6.03 Å². The molecule has 164 valence electrons. The number of nitrogens with one attached hydrogen (secondary N) is 2. The van der Waals surface area contributed by atoms with E-state index in [9.17, 15) is 9.59 Å². The Balaban J connectivity index is 2.31. The first-order valence-electron chi connectivity index (χ1n) is 10.5. The van der Waals surface area contributed by atoms with Crippen LogP contribution in [-0.4, -0.2) is 46.3 Å².